The minimum Gasteiger partial charge on any atom is -0.347 e. The maximum absolute atomic E-state index is 13.9. The second-order valence-electron chi connectivity index (χ2n) is 11.4. The zero-order valence-corrected chi connectivity index (χ0v) is 23.5. The SMILES string of the molecule is CN[C@@H](C)C(=O)N[C@H](C(=O)N1CCN(CCC(C)C)C[C@H]1C(=O)NC1CCCc2ccccc21)C(C)C. The summed E-state index contributed by atoms with van der Waals surface area (Å²) in [5.74, 6) is -0.0418. The van der Waals surface area contributed by atoms with E-state index in [4.69, 9.17) is 0 Å². The highest BCUT2D eigenvalue weighted by atomic mass is 16.2. The third kappa shape index (κ3) is 7.54. The van der Waals surface area contributed by atoms with E-state index >= 15 is 0 Å². The van der Waals surface area contributed by atoms with Crippen molar-refractivity contribution in [3.05, 3.63) is 35.4 Å². The molecule has 1 saturated heterocycles. The molecule has 3 N–H and O–H groups in total. The molecule has 206 valence electrons. The molecule has 0 spiro atoms. The van der Waals surface area contributed by atoms with Crippen LogP contribution in [0.5, 0.6) is 0 Å². The van der Waals surface area contributed by atoms with Crippen molar-refractivity contribution in [3.63, 3.8) is 0 Å². The summed E-state index contributed by atoms with van der Waals surface area (Å²) in [5, 5.41) is 9.16. The number of likely N-dealkylation sites (N-methyl/N-ethyl adjacent to an activating group) is 1. The summed E-state index contributed by atoms with van der Waals surface area (Å²) < 4.78 is 0. The van der Waals surface area contributed by atoms with Gasteiger partial charge in [-0.15, -0.1) is 0 Å². The highest BCUT2D eigenvalue weighted by Crippen LogP contribution is 2.30. The van der Waals surface area contributed by atoms with Crippen LogP contribution >= 0.6 is 0 Å². The molecule has 0 aromatic heterocycles. The molecule has 1 unspecified atom stereocenters. The molecule has 1 aromatic carbocycles. The Balaban J connectivity index is 1.81. The molecule has 0 saturated carbocycles. The number of carbonyl (C=O) groups is 3. The van der Waals surface area contributed by atoms with Crippen LogP contribution in [-0.4, -0.2) is 78.9 Å². The summed E-state index contributed by atoms with van der Waals surface area (Å²) in [4.78, 5) is 44.3. The first kappa shape index (κ1) is 29.1. The molecule has 1 aliphatic heterocycles. The van der Waals surface area contributed by atoms with Crippen LogP contribution in [0.1, 0.15) is 71.0 Å². The lowest BCUT2D eigenvalue weighted by molar-refractivity contribution is -0.148. The van der Waals surface area contributed by atoms with Gasteiger partial charge in [0.05, 0.1) is 12.1 Å². The number of piperazine rings is 1. The van der Waals surface area contributed by atoms with Crippen LogP contribution in [0.25, 0.3) is 0 Å². The van der Waals surface area contributed by atoms with Gasteiger partial charge in [-0.1, -0.05) is 52.0 Å². The number of nitrogens with zero attached hydrogens (tertiary/aromatic N) is 2. The zero-order chi connectivity index (χ0) is 27.1. The van der Waals surface area contributed by atoms with Crippen molar-refractivity contribution in [1.82, 2.24) is 25.8 Å². The molecule has 4 atom stereocenters. The number of benzene rings is 1. The molecule has 0 bridgehead atoms. The zero-order valence-electron chi connectivity index (χ0n) is 23.5. The van der Waals surface area contributed by atoms with Gasteiger partial charge < -0.3 is 20.9 Å². The van der Waals surface area contributed by atoms with Gasteiger partial charge in [-0.3, -0.25) is 19.3 Å². The summed E-state index contributed by atoms with van der Waals surface area (Å²) >= 11 is 0. The van der Waals surface area contributed by atoms with Crippen molar-refractivity contribution in [2.24, 2.45) is 11.8 Å². The fraction of sp³-hybridized carbons (Fsp3) is 0.690. The largest absolute Gasteiger partial charge is 0.347 e. The first-order valence-electron chi connectivity index (χ1n) is 14.0. The molecule has 8 nitrogen and oxygen atoms in total. The number of amides is 3. The number of fused-ring (bicyclic) bond motifs is 1. The van der Waals surface area contributed by atoms with Gasteiger partial charge in [0.2, 0.25) is 17.7 Å². The van der Waals surface area contributed by atoms with Crippen molar-refractivity contribution in [2.75, 3.05) is 33.2 Å². The number of nitrogens with one attached hydrogen (secondary N) is 3. The lowest BCUT2D eigenvalue weighted by Crippen LogP contribution is -2.65. The number of carbonyl (C=O) groups excluding carboxylic acids is 3. The fourth-order valence-electron chi connectivity index (χ4n) is 5.24. The lowest BCUT2D eigenvalue weighted by Gasteiger charge is -2.43. The number of aryl methyl sites for hydroxylation is 1. The highest BCUT2D eigenvalue weighted by molar-refractivity contribution is 5.93. The van der Waals surface area contributed by atoms with E-state index in [1.54, 1.807) is 18.9 Å². The van der Waals surface area contributed by atoms with Gasteiger partial charge in [0.1, 0.15) is 12.1 Å². The van der Waals surface area contributed by atoms with Gasteiger partial charge in [-0.05, 0) is 69.2 Å². The first-order valence-corrected chi connectivity index (χ1v) is 14.0. The van der Waals surface area contributed by atoms with E-state index in [9.17, 15) is 14.4 Å². The van der Waals surface area contributed by atoms with Crippen LogP contribution in [0.2, 0.25) is 0 Å². The molecule has 1 fully saturated rings. The van der Waals surface area contributed by atoms with Gasteiger partial charge >= 0.3 is 0 Å². The van der Waals surface area contributed by atoms with E-state index in [0.29, 0.717) is 19.0 Å². The Morgan fingerprint density at radius 3 is 2.46 bits per heavy atom. The molecular formula is C29H47N5O3. The van der Waals surface area contributed by atoms with Crippen molar-refractivity contribution in [1.29, 1.82) is 0 Å². The smallest absolute Gasteiger partial charge is 0.246 e. The molecule has 37 heavy (non-hydrogen) atoms. The van der Waals surface area contributed by atoms with E-state index in [2.05, 4.69) is 46.8 Å². The second kappa shape index (κ2) is 13.4. The van der Waals surface area contributed by atoms with Gasteiger partial charge in [0.15, 0.2) is 0 Å². The van der Waals surface area contributed by atoms with Gasteiger partial charge in [0.25, 0.3) is 0 Å². The molecule has 1 aromatic rings. The summed E-state index contributed by atoms with van der Waals surface area (Å²) in [7, 11) is 1.72. The Kier molecular flexibility index (Phi) is 10.5. The Bertz CT molecular complexity index is 934. The maximum atomic E-state index is 13.9. The number of hydrogen-bond acceptors (Lipinski definition) is 5. The molecule has 3 rings (SSSR count). The maximum Gasteiger partial charge on any atom is 0.246 e. The normalized spacial score (nSPS) is 21.9. The van der Waals surface area contributed by atoms with E-state index in [0.717, 1.165) is 38.8 Å². The van der Waals surface area contributed by atoms with Crippen LogP contribution in [0.4, 0.5) is 0 Å². The first-order chi connectivity index (χ1) is 17.6. The Morgan fingerprint density at radius 1 is 1.05 bits per heavy atom. The van der Waals surface area contributed by atoms with Crippen molar-refractivity contribution in [3.8, 4) is 0 Å². The predicted molar refractivity (Wildman–Crippen MR) is 147 cm³/mol. The molecule has 1 aliphatic carbocycles. The molecular weight excluding hydrogens is 466 g/mol. The Hall–Kier alpha value is -2.45. The number of hydrogen-bond donors (Lipinski definition) is 3. The van der Waals surface area contributed by atoms with E-state index in [1.165, 1.54) is 11.1 Å². The standard InChI is InChI=1S/C29H47N5O3/c1-19(2)14-15-33-16-17-34(29(37)26(20(3)4)32-27(35)21(5)30-6)25(18-33)28(36)31-24-13-9-11-22-10-7-8-12-23(22)24/h7-8,10,12,19-21,24-26,30H,9,11,13-18H2,1-6H3,(H,31,36)(H,32,35)/t21-,24?,25-,26-/m0/s1. The Morgan fingerprint density at radius 2 is 1.78 bits per heavy atom. The molecule has 2 aliphatic rings. The van der Waals surface area contributed by atoms with Crippen LogP contribution in [0.15, 0.2) is 24.3 Å². The minimum absolute atomic E-state index is 0.0440. The highest BCUT2D eigenvalue weighted by Gasteiger charge is 2.40. The summed E-state index contributed by atoms with van der Waals surface area (Å²) in [5.41, 5.74) is 2.47. The minimum atomic E-state index is -0.684. The van der Waals surface area contributed by atoms with E-state index in [-0.39, 0.29) is 29.7 Å². The van der Waals surface area contributed by atoms with Gasteiger partial charge in [0, 0.05) is 19.6 Å². The van der Waals surface area contributed by atoms with Gasteiger partial charge in [-0.25, -0.2) is 0 Å². The molecule has 0 radical (unpaired) electrons. The van der Waals surface area contributed by atoms with E-state index in [1.807, 2.05) is 26.0 Å². The summed E-state index contributed by atoms with van der Waals surface area (Å²) in [6, 6.07) is 6.58. The lowest BCUT2D eigenvalue weighted by atomic mass is 9.87. The van der Waals surface area contributed by atoms with Crippen LogP contribution in [-0.2, 0) is 20.8 Å². The summed E-state index contributed by atoms with van der Waals surface area (Å²) in [6.45, 7) is 12.6. The summed E-state index contributed by atoms with van der Waals surface area (Å²) in [6.07, 6.45) is 4.00. The van der Waals surface area contributed by atoms with Crippen LogP contribution < -0.4 is 16.0 Å². The third-order valence-electron chi connectivity index (χ3n) is 7.82. The second-order valence-corrected chi connectivity index (χ2v) is 11.4. The topological polar surface area (TPSA) is 93.8 Å². The predicted octanol–water partition coefficient (Wildman–Crippen LogP) is 2.49. The average Bonchev–Trinajstić information content (AvgIpc) is 2.89. The quantitative estimate of drug-likeness (QED) is 0.447. The van der Waals surface area contributed by atoms with Crippen molar-refractivity contribution in [2.45, 2.75) is 84.5 Å². The molecule has 3 amide bonds. The Labute approximate surface area is 222 Å². The number of rotatable bonds is 10. The van der Waals surface area contributed by atoms with Crippen molar-refractivity contribution >= 4 is 17.7 Å². The third-order valence-corrected chi connectivity index (χ3v) is 7.82. The average molecular weight is 514 g/mol. The van der Waals surface area contributed by atoms with Crippen LogP contribution in [0, 0.1) is 11.8 Å². The fourth-order valence-corrected chi connectivity index (χ4v) is 5.24. The van der Waals surface area contributed by atoms with Gasteiger partial charge in [-0.2, -0.15) is 0 Å². The monoisotopic (exact) mass is 513 g/mol. The van der Waals surface area contributed by atoms with E-state index < -0.39 is 18.1 Å². The van der Waals surface area contributed by atoms with Crippen LogP contribution in [0.3, 0.4) is 0 Å². The molecule has 1 heterocycles. The van der Waals surface area contributed by atoms with Crippen molar-refractivity contribution < 1.29 is 14.4 Å². The molecule has 8 heteroatoms.